The molecular weight excluding hydrogens is 118 g/mol. The Morgan fingerprint density at radius 1 is 1.75 bits per heavy atom. The van der Waals surface area contributed by atoms with Gasteiger partial charge in [0.1, 0.15) is 0 Å². The van der Waals surface area contributed by atoms with E-state index in [0.717, 1.165) is 5.25 Å². The molecule has 0 bridgehead atoms. The summed E-state index contributed by atoms with van der Waals surface area (Å²) in [5.41, 5.74) is 1.90. The molecule has 0 heterocycles. The zero-order valence-electron chi connectivity index (χ0n) is 5.72. The highest BCUT2D eigenvalue weighted by Gasteiger charge is 1.92. The lowest BCUT2D eigenvalue weighted by Crippen LogP contribution is -1.90. The maximum Gasteiger partial charge on any atom is 0.0540 e. The molecule has 0 aliphatic heterocycles. The molecule has 0 aromatic heterocycles. The molecule has 0 radical (unpaired) electrons. The third-order valence-electron chi connectivity index (χ3n) is 0.973. The second-order valence-electron chi connectivity index (χ2n) is 1.72. The SMILES string of the molecule is CCC(C)S/C=N\C. The lowest BCUT2D eigenvalue weighted by Gasteiger charge is -1.99. The Labute approximate surface area is 55.6 Å². The first-order valence-corrected chi connectivity index (χ1v) is 3.81. The molecule has 1 unspecified atom stereocenters. The van der Waals surface area contributed by atoms with Gasteiger partial charge >= 0.3 is 0 Å². The van der Waals surface area contributed by atoms with Crippen LogP contribution in [-0.2, 0) is 0 Å². The van der Waals surface area contributed by atoms with Gasteiger partial charge in [-0.3, -0.25) is 4.99 Å². The van der Waals surface area contributed by atoms with Crippen molar-refractivity contribution in [3.8, 4) is 0 Å². The van der Waals surface area contributed by atoms with Gasteiger partial charge in [0, 0.05) is 12.3 Å². The summed E-state index contributed by atoms with van der Waals surface area (Å²) in [4.78, 5) is 3.86. The molecule has 0 N–H and O–H groups in total. The summed E-state index contributed by atoms with van der Waals surface area (Å²) < 4.78 is 0. The van der Waals surface area contributed by atoms with E-state index in [1.165, 1.54) is 6.42 Å². The predicted octanol–water partition coefficient (Wildman–Crippen LogP) is 2.18. The van der Waals surface area contributed by atoms with Crippen molar-refractivity contribution < 1.29 is 0 Å². The van der Waals surface area contributed by atoms with Crippen LogP contribution in [0.2, 0.25) is 0 Å². The van der Waals surface area contributed by atoms with E-state index in [2.05, 4.69) is 18.8 Å². The number of aliphatic imine (C=N–C) groups is 1. The van der Waals surface area contributed by atoms with Gasteiger partial charge in [-0.05, 0) is 6.42 Å². The fraction of sp³-hybridized carbons (Fsp3) is 0.833. The van der Waals surface area contributed by atoms with Gasteiger partial charge in [-0.1, -0.05) is 13.8 Å². The molecule has 1 nitrogen and oxygen atoms in total. The van der Waals surface area contributed by atoms with Gasteiger partial charge in [-0.15, -0.1) is 11.8 Å². The number of thioether (sulfide) groups is 1. The second kappa shape index (κ2) is 5.16. The first kappa shape index (κ1) is 8.02. The van der Waals surface area contributed by atoms with Gasteiger partial charge < -0.3 is 0 Å². The van der Waals surface area contributed by atoms with E-state index in [1.807, 2.05) is 5.55 Å². The Morgan fingerprint density at radius 2 is 2.38 bits per heavy atom. The molecule has 0 saturated carbocycles. The lowest BCUT2D eigenvalue weighted by atomic mass is 10.4. The van der Waals surface area contributed by atoms with E-state index < -0.39 is 0 Å². The van der Waals surface area contributed by atoms with Crippen LogP contribution in [0.1, 0.15) is 20.3 Å². The van der Waals surface area contributed by atoms with Crippen molar-refractivity contribution in [3.05, 3.63) is 0 Å². The molecule has 48 valence electrons. The maximum atomic E-state index is 3.86. The van der Waals surface area contributed by atoms with Crippen molar-refractivity contribution in [3.63, 3.8) is 0 Å². The summed E-state index contributed by atoms with van der Waals surface area (Å²) in [6.07, 6.45) is 1.22. The van der Waals surface area contributed by atoms with Crippen LogP contribution in [0.3, 0.4) is 0 Å². The van der Waals surface area contributed by atoms with Gasteiger partial charge in [0.05, 0.1) is 5.55 Å². The molecule has 0 saturated heterocycles. The summed E-state index contributed by atoms with van der Waals surface area (Å²) >= 11 is 1.78. The van der Waals surface area contributed by atoms with Gasteiger partial charge in [-0.25, -0.2) is 0 Å². The topological polar surface area (TPSA) is 12.4 Å². The molecule has 0 aliphatic rings. The van der Waals surface area contributed by atoms with Crippen molar-refractivity contribution in [2.45, 2.75) is 25.5 Å². The molecular formula is C6H13NS. The maximum absolute atomic E-state index is 3.86. The van der Waals surface area contributed by atoms with Crippen LogP contribution in [0, 0.1) is 0 Å². The largest absolute Gasteiger partial charge is 0.290 e. The van der Waals surface area contributed by atoms with Gasteiger partial charge in [-0.2, -0.15) is 0 Å². The van der Waals surface area contributed by atoms with E-state index in [0.29, 0.717) is 0 Å². The number of hydrogen-bond donors (Lipinski definition) is 0. The molecule has 0 aromatic rings. The number of nitrogens with zero attached hydrogens (tertiary/aromatic N) is 1. The van der Waals surface area contributed by atoms with Crippen molar-refractivity contribution in [2.75, 3.05) is 7.05 Å². The highest BCUT2D eigenvalue weighted by molar-refractivity contribution is 8.12. The minimum Gasteiger partial charge on any atom is -0.290 e. The molecule has 0 aliphatic carbocycles. The van der Waals surface area contributed by atoms with E-state index in [-0.39, 0.29) is 0 Å². The lowest BCUT2D eigenvalue weighted by molar-refractivity contribution is 0.911. The standard InChI is InChI=1S/C6H13NS/c1-4-6(2)8-5-7-3/h5-6H,4H2,1-3H3/b7-5-. The molecule has 1 atom stereocenters. The molecule has 8 heavy (non-hydrogen) atoms. The van der Waals surface area contributed by atoms with Crippen LogP contribution in [0.15, 0.2) is 4.99 Å². The predicted molar refractivity (Wildman–Crippen MR) is 41.8 cm³/mol. The highest BCUT2D eigenvalue weighted by atomic mass is 32.2. The fourth-order valence-electron chi connectivity index (χ4n) is 0.261. The quantitative estimate of drug-likeness (QED) is 0.422. The Kier molecular flexibility index (Phi) is 5.18. The van der Waals surface area contributed by atoms with Crippen molar-refractivity contribution in [2.24, 2.45) is 4.99 Å². The van der Waals surface area contributed by atoms with Crippen LogP contribution in [0.5, 0.6) is 0 Å². The van der Waals surface area contributed by atoms with Crippen LogP contribution < -0.4 is 0 Å². The molecule has 0 amide bonds. The van der Waals surface area contributed by atoms with E-state index in [9.17, 15) is 0 Å². The Bertz CT molecular complexity index is 70.9. The first-order valence-electron chi connectivity index (χ1n) is 2.87. The normalized spacial score (nSPS) is 14.9. The van der Waals surface area contributed by atoms with E-state index >= 15 is 0 Å². The third-order valence-corrected chi connectivity index (χ3v) is 2.10. The minimum absolute atomic E-state index is 0.721. The Balaban J connectivity index is 3.10. The summed E-state index contributed by atoms with van der Waals surface area (Å²) in [7, 11) is 1.80. The first-order chi connectivity index (χ1) is 3.81. The molecule has 0 fully saturated rings. The summed E-state index contributed by atoms with van der Waals surface area (Å²) in [5.74, 6) is 0. The van der Waals surface area contributed by atoms with Crippen LogP contribution >= 0.6 is 11.8 Å². The molecule has 0 aromatic carbocycles. The minimum atomic E-state index is 0.721. The zero-order chi connectivity index (χ0) is 6.41. The second-order valence-corrected chi connectivity index (χ2v) is 3.01. The van der Waals surface area contributed by atoms with Crippen LogP contribution in [-0.4, -0.2) is 17.8 Å². The average molecular weight is 131 g/mol. The summed E-state index contributed by atoms with van der Waals surface area (Å²) in [6.45, 7) is 4.38. The van der Waals surface area contributed by atoms with Crippen molar-refractivity contribution >= 4 is 17.3 Å². The van der Waals surface area contributed by atoms with Crippen molar-refractivity contribution in [1.29, 1.82) is 0 Å². The van der Waals surface area contributed by atoms with Crippen LogP contribution in [0.25, 0.3) is 0 Å². The summed E-state index contributed by atoms with van der Waals surface area (Å²) in [6, 6.07) is 0. The molecule has 0 rings (SSSR count). The monoisotopic (exact) mass is 131 g/mol. The molecule has 2 heteroatoms. The number of rotatable bonds is 3. The van der Waals surface area contributed by atoms with Crippen LogP contribution in [0.4, 0.5) is 0 Å². The fourth-order valence-corrected chi connectivity index (χ4v) is 0.783. The number of hydrogen-bond acceptors (Lipinski definition) is 2. The third kappa shape index (κ3) is 4.19. The highest BCUT2D eigenvalue weighted by Crippen LogP contribution is 2.08. The smallest absolute Gasteiger partial charge is 0.0540 e. The Hall–Kier alpha value is 0.0200. The van der Waals surface area contributed by atoms with Gasteiger partial charge in [0.2, 0.25) is 0 Å². The molecule has 0 spiro atoms. The van der Waals surface area contributed by atoms with Crippen molar-refractivity contribution in [1.82, 2.24) is 0 Å². The van der Waals surface area contributed by atoms with E-state index in [4.69, 9.17) is 0 Å². The summed E-state index contributed by atoms with van der Waals surface area (Å²) in [5, 5.41) is 0.721. The van der Waals surface area contributed by atoms with Gasteiger partial charge in [0.25, 0.3) is 0 Å². The average Bonchev–Trinajstić information content (AvgIpc) is 1.83. The zero-order valence-corrected chi connectivity index (χ0v) is 6.53. The van der Waals surface area contributed by atoms with E-state index in [1.54, 1.807) is 18.8 Å². The van der Waals surface area contributed by atoms with Gasteiger partial charge in [0.15, 0.2) is 0 Å². The Morgan fingerprint density at radius 3 is 2.75 bits per heavy atom.